The Kier molecular flexibility index (Phi) is 4.38. The van der Waals surface area contributed by atoms with Gasteiger partial charge >= 0.3 is 0 Å². The fraction of sp³-hybridized carbons (Fsp3) is 0.308. The van der Waals surface area contributed by atoms with Crippen molar-refractivity contribution >= 4 is 15.9 Å². The van der Waals surface area contributed by atoms with Crippen molar-refractivity contribution in [3.8, 4) is 5.75 Å². The number of hydrogen-bond donors (Lipinski definition) is 1. The van der Waals surface area contributed by atoms with Gasteiger partial charge in [-0.1, -0.05) is 15.9 Å². The summed E-state index contributed by atoms with van der Waals surface area (Å²) in [6.45, 7) is 0.589. The summed E-state index contributed by atoms with van der Waals surface area (Å²) >= 11 is 3.37. The quantitative estimate of drug-likeness (QED) is 0.922. The molecule has 1 heterocycles. The molecule has 0 aliphatic carbocycles. The second-order valence-corrected chi connectivity index (χ2v) is 4.81. The smallest absolute Gasteiger partial charge is 0.119 e. The van der Waals surface area contributed by atoms with Crippen molar-refractivity contribution in [2.24, 2.45) is 7.05 Å². The summed E-state index contributed by atoms with van der Waals surface area (Å²) in [7, 11) is 1.92. The number of nitrogens with zero attached hydrogens (tertiary/aromatic N) is 2. The predicted octanol–water partition coefficient (Wildman–Crippen LogP) is 2.30. The largest absolute Gasteiger partial charge is 0.493 e. The van der Waals surface area contributed by atoms with Crippen LogP contribution in [0, 0.1) is 0 Å². The number of aromatic nitrogens is 2. The van der Waals surface area contributed by atoms with Gasteiger partial charge in [0.05, 0.1) is 13.2 Å². The zero-order valence-electron chi connectivity index (χ0n) is 10.1. The van der Waals surface area contributed by atoms with E-state index in [0.29, 0.717) is 6.61 Å². The zero-order valence-corrected chi connectivity index (χ0v) is 11.7. The summed E-state index contributed by atoms with van der Waals surface area (Å²) in [5, 5.41) is 13.3. The molecule has 1 aromatic carbocycles. The molecule has 0 aliphatic heterocycles. The van der Waals surface area contributed by atoms with Gasteiger partial charge in [-0.15, -0.1) is 0 Å². The number of ether oxygens (including phenoxy) is 1. The van der Waals surface area contributed by atoms with Gasteiger partial charge in [0.15, 0.2) is 0 Å². The maximum Gasteiger partial charge on any atom is 0.119 e. The van der Waals surface area contributed by atoms with Crippen molar-refractivity contribution in [1.82, 2.24) is 9.78 Å². The fourth-order valence-corrected chi connectivity index (χ4v) is 2.05. The van der Waals surface area contributed by atoms with Gasteiger partial charge in [0.2, 0.25) is 0 Å². The van der Waals surface area contributed by atoms with Crippen LogP contribution in [0.1, 0.15) is 11.3 Å². The topological polar surface area (TPSA) is 47.3 Å². The van der Waals surface area contributed by atoms with E-state index < -0.39 is 0 Å². The first kappa shape index (κ1) is 13.1. The van der Waals surface area contributed by atoms with E-state index in [9.17, 15) is 0 Å². The maximum atomic E-state index is 9.16. The SMILES string of the molecule is Cn1nccc1CCOc1ccc(Br)c(CO)c1. The van der Waals surface area contributed by atoms with Gasteiger partial charge in [-0.25, -0.2) is 0 Å². The molecule has 18 heavy (non-hydrogen) atoms. The van der Waals surface area contributed by atoms with Crippen molar-refractivity contribution < 1.29 is 9.84 Å². The molecule has 0 atom stereocenters. The lowest BCUT2D eigenvalue weighted by molar-refractivity contribution is 0.278. The Hall–Kier alpha value is -1.33. The third kappa shape index (κ3) is 3.11. The fourth-order valence-electron chi connectivity index (χ4n) is 1.68. The van der Waals surface area contributed by atoms with E-state index in [1.54, 1.807) is 6.20 Å². The Bertz CT molecular complexity index is 525. The van der Waals surface area contributed by atoms with Crippen LogP contribution in [0.3, 0.4) is 0 Å². The molecular formula is C13H15BrN2O2. The summed E-state index contributed by atoms with van der Waals surface area (Å²) in [5.74, 6) is 0.768. The van der Waals surface area contributed by atoms with Gasteiger partial charge in [-0.3, -0.25) is 4.68 Å². The molecule has 0 aliphatic rings. The Balaban J connectivity index is 1.92. The molecule has 0 fully saturated rings. The van der Waals surface area contributed by atoms with Gasteiger partial charge in [0.1, 0.15) is 5.75 Å². The Morgan fingerprint density at radius 2 is 2.22 bits per heavy atom. The van der Waals surface area contributed by atoms with Crippen molar-refractivity contribution in [2.75, 3.05) is 6.61 Å². The summed E-state index contributed by atoms with van der Waals surface area (Å²) in [5.41, 5.74) is 1.96. The molecule has 1 aromatic heterocycles. The molecule has 0 bridgehead atoms. The van der Waals surface area contributed by atoms with Crippen molar-refractivity contribution in [3.63, 3.8) is 0 Å². The molecule has 2 rings (SSSR count). The monoisotopic (exact) mass is 310 g/mol. The molecule has 0 saturated carbocycles. The van der Waals surface area contributed by atoms with E-state index in [-0.39, 0.29) is 6.61 Å². The third-order valence-electron chi connectivity index (χ3n) is 2.74. The van der Waals surface area contributed by atoms with E-state index in [4.69, 9.17) is 9.84 Å². The number of aliphatic hydroxyl groups is 1. The van der Waals surface area contributed by atoms with Crippen LogP contribution in [-0.2, 0) is 20.1 Å². The molecular weight excluding hydrogens is 296 g/mol. The van der Waals surface area contributed by atoms with Gasteiger partial charge in [0, 0.05) is 29.8 Å². The standard InChI is InChI=1S/C13H15BrN2O2/c1-16-11(4-6-15-16)5-7-18-12-2-3-13(14)10(8-12)9-17/h2-4,6,8,17H,5,7,9H2,1H3. The van der Waals surface area contributed by atoms with E-state index in [1.165, 1.54) is 0 Å². The Morgan fingerprint density at radius 1 is 1.39 bits per heavy atom. The Morgan fingerprint density at radius 3 is 2.89 bits per heavy atom. The summed E-state index contributed by atoms with van der Waals surface area (Å²) < 4.78 is 8.39. The van der Waals surface area contributed by atoms with Gasteiger partial charge < -0.3 is 9.84 Å². The highest BCUT2D eigenvalue weighted by Crippen LogP contribution is 2.22. The minimum absolute atomic E-state index is 0.000482. The van der Waals surface area contributed by atoms with Crippen LogP contribution in [0.2, 0.25) is 0 Å². The number of hydrogen-bond acceptors (Lipinski definition) is 3. The molecule has 0 saturated heterocycles. The van der Waals surface area contributed by atoms with Crippen molar-refractivity contribution in [2.45, 2.75) is 13.0 Å². The van der Waals surface area contributed by atoms with E-state index in [0.717, 1.165) is 27.9 Å². The normalized spacial score (nSPS) is 10.6. The zero-order chi connectivity index (χ0) is 13.0. The molecule has 96 valence electrons. The van der Waals surface area contributed by atoms with Gasteiger partial charge in [-0.05, 0) is 29.8 Å². The van der Waals surface area contributed by atoms with E-state index in [1.807, 2.05) is 36.0 Å². The summed E-state index contributed by atoms with van der Waals surface area (Å²) in [4.78, 5) is 0. The van der Waals surface area contributed by atoms with E-state index >= 15 is 0 Å². The van der Waals surface area contributed by atoms with Crippen LogP contribution in [0.15, 0.2) is 34.9 Å². The second-order valence-electron chi connectivity index (χ2n) is 3.96. The molecule has 5 heteroatoms. The van der Waals surface area contributed by atoms with Gasteiger partial charge in [-0.2, -0.15) is 5.10 Å². The first-order valence-corrected chi connectivity index (χ1v) is 6.49. The van der Waals surface area contributed by atoms with Crippen LogP contribution >= 0.6 is 15.9 Å². The van der Waals surface area contributed by atoms with Crippen LogP contribution < -0.4 is 4.74 Å². The first-order valence-electron chi connectivity index (χ1n) is 5.69. The third-order valence-corrected chi connectivity index (χ3v) is 3.51. The van der Waals surface area contributed by atoms with Crippen LogP contribution in [0.4, 0.5) is 0 Å². The molecule has 4 nitrogen and oxygen atoms in total. The number of aryl methyl sites for hydroxylation is 1. The second kappa shape index (κ2) is 6.02. The molecule has 0 radical (unpaired) electrons. The lowest BCUT2D eigenvalue weighted by Gasteiger charge is -2.08. The number of benzene rings is 1. The van der Waals surface area contributed by atoms with Crippen molar-refractivity contribution in [1.29, 1.82) is 0 Å². The lowest BCUT2D eigenvalue weighted by Crippen LogP contribution is -2.06. The molecule has 1 N–H and O–H groups in total. The number of halogens is 1. The summed E-state index contributed by atoms with van der Waals surface area (Å²) in [6, 6.07) is 7.58. The predicted molar refractivity (Wildman–Crippen MR) is 72.5 cm³/mol. The average Bonchev–Trinajstić information content (AvgIpc) is 2.77. The van der Waals surface area contributed by atoms with Crippen LogP contribution in [0.5, 0.6) is 5.75 Å². The highest BCUT2D eigenvalue weighted by molar-refractivity contribution is 9.10. The Labute approximate surface area is 114 Å². The number of aliphatic hydroxyl groups excluding tert-OH is 1. The number of rotatable bonds is 5. The summed E-state index contributed by atoms with van der Waals surface area (Å²) in [6.07, 6.45) is 2.58. The highest BCUT2D eigenvalue weighted by atomic mass is 79.9. The van der Waals surface area contributed by atoms with Crippen LogP contribution in [-0.4, -0.2) is 21.5 Å². The van der Waals surface area contributed by atoms with E-state index in [2.05, 4.69) is 21.0 Å². The van der Waals surface area contributed by atoms with Gasteiger partial charge in [0.25, 0.3) is 0 Å². The van der Waals surface area contributed by atoms with Crippen LogP contribution in [0.25, 0.3) is 0 Å². The molecule has 0 unspecified atom stereocenters. The molecule has 0 spiro atoms. The maximum absolute atomic E-state index is 9.16. The average molecular weight is 311 g/mol. The van der Waals surface area contributed by atoms with Crippen molar-refractivity contribution in [3.05, 3.63) is 46.2 Å². The first-order chi connectivity index (χ1) is 8.70. The molecule has 2 aromatic rings. The minimum atomic E-state index is -0.000482. The molecule has 0 amide bonds. The lowest BCUT2D eigenvalue weighted by atomic mass is 10.2. The minimum Gasteiger partial charge on any atom is -0.493 e. The highest BCUT2D eigenvalue weighted by Gasteiger charge is 2.03.